The molecule has 21 heavy (non-hydrogen) atoms. The number of halogens is 1. The molecule has 3 heterocycles. The number of rotatable bonds is 5. The summed E-state index contributed by atoms with van der Waals surface area (Å²) in [5, 5.41) is 0. The molecule has 0 N–H and O–H groups in total. The van der Waals surface area contributed by atoms with E-state index in [0.29, 0.717) is 17.3 Å². The molecule has 0 atom stereocenters. The SMILES string of the molecule is COc1ncnc2c1nc(CCl)n2CCc1ccncc1. The molecule has 0 fully saturated rings. The Hall–Kier alpha value is -2.21. The minimum Gasteiger partial charge on any atom is -0.479 e. The van der Waals surface area contributed by atoms with Gasteiger partial charge in [0.15, 0.2) is 11.2 Å². The predicted molar refractivity (Wildman–Crippen MR) is 79.4 cm³/mol. The first-order valence-corrected chi connectivity index (χ1v) is 7.06. The number of alkyl halides is 1. The number of hydrogen-bond donors (Lipinski definition) is 0. The van der Waals surface area contributed by atoms with Crippen molar-refractivity contribution in [3.8, 4) is 5.88 Å². The second kappa shape index (κ2) is 6.05. The maximum Gasteiger partial charge on any atom is 0.245 e. The summed E-state index contributed by atoms with van der Waals surface area (Å²) < 4.78 is 7.23. The molecule has 3 aromatic heterocycles. The molecule has 3 aromatic rings. The molecule has 0 bridgehead atoms. The van der Waals surface area contributed by atoms with Crippen LogP contribution in [0.3, 0.4) is 0 Å². The number of pyridine rings is 1. The summed E-state index contributed by atoms with van der Waals surface area (Å²) in [5.41, 5.74) is 2.59. The fraction of sp³-hybridized carbons (Fsp3) is 0.286. The van der Waals surface area contributed by atoms with Crippen molar-refractivity contribution in [2.45, 2.75) is 18.8 Å². The Balaban J connectivity index is 1.97. The molecule has 6 nitrogen and oxygen atoms in total. The molecule has 108 valence electrons. The second-order valence-corrected chi connectivity index (χ2v) is 4.74. The minimum absolute atomic E-state index is 0.315. The van der Waals surface area contributed by atoms with Crippen LogP contribution in [0.5, 0.6) is 5.88 Å². The van der Waals surface area contributed by atoms with Crippen LogP contribution < -0.4 is 4.74 Å². The van der Waals surface area contributed by atoms with Gasteiger partial charge in [0, 0.05) is 18.9 Å². The number of imidazole rings is 1. The minimum atomic E-state index is 0.315. The van der Waals surface area contributed by atoms with Gasteiger partial charge < -0.3 is 9.30 Å². The highest BCUT2D eigenvalue weighted by Gasteiger charge is 2.15. The molecule has 7 heteroatoms. The van der Waals surface area contributed by atoms with Crippen LogP contribution in [-0.4, -0.2) is 31.6 Å². The maximum atomic E-state index is 6.00. The highest BCUT2D eigenvalue weighted by molar-refractivity contribution is 6.16. The van der Waals surface area contributed by atoms with Crippen molar-refractivity contribution < 1.29 is 4.74 Å². The molecular formula is C14H14ClN5O. The van der Waals surface area contributed by atoms with Gasteiger partial charge in [-0.3, -0.25) is 4.98 Å². The normalized spacial score (nSPS) is 11.0. The third-order valence-corrected chi connectivity index (χ3v) is 3.50. The topological polar surface area (TPSA) is 65.7 Å². The predicted octanol–water partition coefficient (Wildman–Crippen LogP) is 2.21. The highest BCUT2D eigenvalue weighted by atomic mass is 35.5. The Labute approximate surface area is 126 Å². The van der Waals surface area contributed by atoms with E-state index in [1.54, 1.807) is 19.5 Å². The molecule has 0 unspecified atom stereocenters. The quantitative estimate of drug-likeness (QED) is 0.676. The summed E-state index contributed by atoms with van der Waals surface area (Å²) in [6.45, 7) is 0.739. The number of aromatic nitrogens is 5. The van der Waals surface area contributed by atoms with Crippen LogP contribution in [-0.2, 0) is 18.8 Å². The van der Waals surface area contributed by atoms with E-state index in [4.69, 9.17) is 16.3 Å². The van der Waals surface area contributed by atoms with Crippen molar-refractivity contribution >= 4 is 22.8 Å². The standard InChI is InChI=1S/C14H14ClN5O/c1-21-14-12-13(17-9-18-14)20(11(8-15)19-12)7-4-10-2-5-16-6-3-10/h2-3,5-6,9H,4,7-8H2,1H3. The van der Waals surface area contributed by atoms with Gasteiger partial charge in [-0.25, -0.2) is 9.97 Å². The average Bonchev–Trinajstić information content (AvgIpc) is 2.91. The molecule has 0 radical (unpaired) electrons. The van der Waals surface area contributed by atoms with Crippen LogP contribution in [0, 0.1) is 0 Å². The fourth-order valence-corrected chi connectivity index (χ4v) is 2.44. The number of hydrogen-bond acceptors (Lipinski definition) is 5. The van der Waals surface area contributed by atoms with Gasteiger partial charge in [0.1, 0.15) is 12.2 Å². The van der Waals surface area contributed by atoms with Gasteiger partial charge in [0.2, 0.25) is 5.88 Å². The Bertz CT molecular complexity index is 744. The zero-order chi connectivity index (χ0) is 14.7. The van der Waals surface area contributed by atoms with Gasteiger partial charge in [0.25, 0.3) is 0 Å². The Morgan fingerprint density at radius 1 is 1.24 bits per heavy atom. The monoisotopic (exact) mass is 303 g/mol. The summed E-state index contributed by atoms with van der Waals surface area (Å²) in [7, 11) is 1.57. The van der Waals surface area contributed by atoms with Crippen LogP contribution in [0.1, 0.15) is 11.4 Å². The molecule has 0 amide bonds. The van der Waals surface area contributed by atoms with Crippen molar-refractivity contribution in [1.29, 1.82) is 0 Å². The number of ether oxygens (including phenoxy) is 1. The molecule has 3 rings (SSSR count). The molecule has 0 aliphatic heterocycles. The summed E-state index contributed by atoms with van der Waals surface area (Å²) in [5.74, 6) is 1.55. The van der Waals surface area contributed by atoms with Gasteiger partial charge in [-0.15, -0.1) is 11.6 Å². The first-order chi connectivity index (χ1) is 10.3. The van der Waals surface area contributed by atoms with Crippen molar-refractivity contribution in [1.82, 2.24) is 24.5 Å². The van der Waals surface area contributed by atoms with Crippen molar-refractivity contribution in [3.05, 3.63) is 42.2 Å². The van der Waals surface area contributed by atoms with Crippen molar-refractivity contribution in [3.63, 3.8) is 0 Å². The Morgan fingerprint density at radius 2 is 2.05 bits per heavy atom. The maximum absolute atomic E-state index is 6.00. The van der Waals surface area contributed by atoms with Crippen molar-refractivity contribution in [2.24, 2.45) is 0 Å². The largest absolute Gasteiger partial charge is 0.479 e. The lowest BCUT2D eigenvalue weighted by molar-refractivity contribution is 0.401. The van der Waals surface area contributed by atoms with E-state index >= 15 is 0 Å². The highest BCUT2D eigenvalue weighted by Crippen LogP contribution is 2.22. The number of fused-ring (bicyclic) bond motifs is 1. The Morgan fingerprint density at radius 3 is 2.76 bits per heavy atom. The van der Waals surface area contributed by atoms with Gasteiger partial charge >= 0.3 is 0 Å². The smallest absolute Gasteiger partial charge is 0.245 e. The van der Waals surface area contributed by atoms with E-state index in [0.717, 1.165) is 24.4 Å². The van der Waals surface area contributed by atoms with Gasteiger partial charge in [-0.05, 0) is 24.1 Å². The van der Waals surface area contributed by atoms with Crippen molar-refractivity contribution in [2.75, 3.05) is 7.11 Å². The van der Waals surface area contributed by atoms with Crippen LogP contribution in [0.4, 0.5) is 0 Å². The lowest BCUT2D eigenvalue weighted by atomic mass is 10.2. The van der Waals surface area contributed by atoms with E-state index in [1.807, 2.05) is 16.7 Å². The second-order valence-electron chi connectivity index (χ2n) is 4.47. The summed E-state index contributed by atoms with van der Waals surface area (Å²) >= 11 is 6.00. The van der Waals surface area contributed by atoms with Crippen LogP contribution >= 0.6 is 11.6 Å². The summed E-state index contributed by atoms with van der Waals surface area (Å²) in [6, 6.07) is 3.99. The molecule has 0 aromatic carbocycles. The van der Waals surface area contributed by atoms with Gasteiger partial charge in [0.05, 0.1) is 13.0 Å². The molecule has 0 aliphatic rings. The lowest BCUT2D eigenvalue weighted by Crippen LogP contribution is -2.06. The third-order valence-electron chi connectivity index (χ3n) is 3.26. The molecule has 0 saturated heterocycles. The fourth-order valence-electron chi connectivity index (χ4n) is 2.24. The van der Waals surface area contributed by atoms with E-state index in [9.17, 15) is 0 Å². The van der Waals surface area contributed by atoms with Crippen LogP contribution in [0.2, 0.25) is 0 Å². The van der Waals surface area contributed by atoms with E-state index in [2.05, 4.69) is 19.9 Å². The first kappa shape index (κ1) is 13.8. The van der Waals surface area contributed by atoms with Crippen LogP contribution in [0.25, 0.3) is 11.2 Å². The lowest BCUT2D eigenvalue weighted by Gasteiger charge is -2.07. The molecular weight excluding hydrogens is 290 g/mol. The first-order valence-electron chi connectivity index (χ1n) is 6.52. The number of methoxy groups -OCH3 is 1. The van der Waals surface area contributed by atoms with Gasteiger partial charge in [-0.2, -0.15) is 4.98 Å². The van der Waals surface area contributed by atoms with Crippen LogP contribution in [0.15, 0.2) is 30.9 Å². The van der Waals surface area contributed by atoms with E-state index in [1.165, 1.54) is 11.9 Å². The Kier molecular flexibility index (Phi) is 3.96. The number of aryl methyl sites for hydroxylation is 2. The summed E-state index contributed by atoms with van der Waals surface area (Å²) in [4.78, 5) is 16.9. The molecule has 0 aliphatic carbocycles. The van der Waals surface area contributed by atoms with E-state index < -0.39 is 0 Å². The zero-order valence-electron chi connectivity index (χ0n) is 11.5. The number of nitrogens with zero attached hydrogens (tertiary/aromatic N) is 5. The molecule has 0 saturated carbocycles. The third kappa shape index (κ3) is 2.67. The average molecular weight is 304 g/mol. The summed E-state index contributed by atoms with van der Waals surface area (Å²) in [6.07, 6.45) is 5.90. The zero-order valence-corrected chi connectivity index (χ0v) is 12.3. The van der Waals surface area contributed by atoms with Gasteiger partial charge in [-0.1, -0.05) is 0 Å². The van der Waals surface area contributed by atoms with E-state index in [-0.39, 0.29) is 0 Å². The molecule has 0 spiro atoms.